The van der Waals surface area contributed by atoms with Crippen LogP contribution in [0, 0.1) is 0 Å². The van der Waals surface area contributed by atoms with E-state index in [2.05, 4.69) is 42.5 Å². The zero-order valence-electron chi connectivity index (χ0n) is 10.3. The number of hydrogen-bond acceptors (Lipinski definition) is 3. The molecule has 2 N–H and O–H groups in total. The SMILES string of the molecule is COC(CNC(=S)Nc1c(Br)cc(Cl)cc1Br)OC. The summed E-state index contributed by atoms with van der Waals surface area (Å²) in [5.41, 5.74) is 0.799. The summed E-state index contributed by atoms with van der Waals surface area (Å²) in [4.78, 5) is 0. The molecule has 0 aliphatic heterocycles. The number of thiocarbonyl (C=S) groups is 1. The number of halogens is 3. The van der Waals surface area contributed by atoms with Crippen LogP contribution in [0.4, 0.5) is 5.69 Å². The Hall–Kier alpha value is 0.0800. The average Bonchev–Trinajstić information content (AvgIpc) is 2.35. The highest BCUT2D eigenvalue weighted by atomic mass is 79.9. The third kappa shape index (κ3) is 5.53. The molecule has 0 saturated carbocycles. The van der Waals surface area contributed by atoms with Crippen molar-refractivity contribution in [3.63, 3.8) is 0 Å². The van der Waals surface area contributed by atoms with Crippen LogP contribution in [-0.2, 0) is 9.47 Å². The molecular weight excluding hydrogens is 419 g/mol. The number of rotatable bonds is 5. The Balaban J connectivity index is 2.62. The molecule has 4 nitrogen and oxygen atoms in total. The molecule has 0 fully saturated rings. The first-order valence-electron chi connectivity index (χ1n) is 5.23. The Kier molecular flexibility index (Phi) is 7.56. The number of methoxy groups -OCH3 is 2. The lowest BCUT2D eigenvalue weighted by Crippen LogP contribution is -2.36. The van der Waals surface area contributed by atoms with Crippen LogP contribution in [0.2, 0.25) is 5.02 Å². The van der Waals surface area contributed by atoms with Gasteiger partial charge in [-0.1, -0.05) is 11.6 Å². The number of nitrogens with one attached hydrogen (secondary N) is 2. The highest BCUT2D eigenvalue weighted by Gasteiger charge is 2.10. The molecule has 0 unspecified atom stereocenters. The van der Waals surface area contributed by atoms with E-state index in [1.165, 1.54) is 0 Å². The van der Waals surface area contributed by atoms with Crippen LogP contribution in [-0.4, -0.2) is 32.2 Å². The van der Waals surface area contributed by atoms with Gasteiger partial charge in [0.25, 0.3) is 0 Å². The summed E-state index contributed by atoms with van der Waals surface area (Å²) in [7, 11) is 3.14. The van der Waals surface area contributed by atoms with Crippen LogP contribution in [0.1, 0.15) is 0 Å². The van der Waals surface area contributed by atoms with Gasteiger partial charge in [-0.05, 0) is 56.2 Å². The van der Waals surface area contributed by atoms with Gasteiger partial charge in [0.15, 0.2) is 11.4 Å². The fraction of sp³-hybridized carbons (Fsp3) is 0.364. The fourth-order valence-corrected chi connectivity index (χ4v) is 3.31. The maximum atomic E-state index is 5.93. The van der Waals surface area contributed by atoms with Crippen LogP contribution in [0.25, 0.3) is 0 Å². The molecule has 1 aromatic rings. The molecule has 19 heavy (non-hydrogen) atoms. The van der Waals surface area contributed by atoms with Crippen molar-refractivity contribution < 1.29 is 9.47 Å². The van der Waals surface area contributed by atoms with E-state index in [0.29, 0.717) is 16.7 Å². The van der Waals surface area contributed by atoms with E-state index in [9.17, 15) is 0 Å². The minimum Gasteiger partial charge on any atom is -0.357 e. The van der Waals surface area contributed by atoms with Gasteiger partial charge >= 0.3 is 0 Å². The predicted octanol–water partition coefficient (Wildman–Crippen LogP) is 3.77. The first-order valence-corrected chi connectivity index (χ1v) is 7.60. The Morgan fingerprint density at radius 3 is 2.32 bits per heavy atom. The number of anilines is 1. The quantitative estimate of drug-likeness (QED) is 0.548. The molecule has 1 aromatic carbocycles. The first-order chi connectivity index (χ1) is 8.97. The van der Waals surface area contributed by atoms with Crippen molar-refractivity contribution in [2.24, 2.45) is 0 Å². The summed E-state index contributed by atoms with van der Waals surface area (Å²) < 4.78 is 11.7. The van der Waals surface area contributed by atoms with Crippen LogP contribution in [0.5, 0.6) is 0 Å². The summed E-state index contributed by atoms with van der Waals surface area (Å²) >= 11 is 18.0. The van der Waals surface area contributed by atoms with E-state index >= 15 is 0 Å². The molecular formula is C11H13Br2ClN2O2S. The molecule has 0 spiro atoms. The zero-order valence-corrected chi connectivity index (χ0v) is 15.0. The fourth-order valence-electron chi connectivity index (χ4n) is 1.26. The van der Waals surface area contributed by atoms with Gasteiger partial charge in [-0.3, -0.25) is 0 Å². The van der Waals surface area contributed by atoms with E-state index in [4.69, 9.17) is 33.3 Å². The highest BCUT2D eigenvalue weighted by Crippen LogP contribution is 2.34. The lowest BCUT2D eigenvalue weighted by atomic mass is 10.3. The van der Waals surface area contributed by atoms with Gasteiger partial charge in [0.2, 0.25) is 0 Å². The van der Waals surface area contributed by atoms with Gasteiger partial charge in [-0.25, -0.2) is 0 Å². The topological polar surface area (TPSA) is 42.5 Å². The minimum absolute atomic E-state index is 0.350. The average molecular weight is 433 g/mol. The zero-order chi connectivity index (χ0) is 14.4. The normalized spacial score (nSPS) is 10.6. The molecule has 0 atom stereocenters. The summed E-state index contributed by atoms with van der Waals surface area (Å²) in [5, 5.41) is 7.15. The summed E-state index contributed by atoms with van der Waals surface area (Å²) in [5.74, 6) is 0. The maximum Gasteiger partial charge on any atom is 0.174 e. The van der Waals surface area contributed by atoms with E-state index in [1.807, 2.05) is 0 Å². The standard InChI is InChI=1S/C11H13Br2ClN2O2S/c1-17-9(18-2)5-15-11(19)16-10-7(12)3-6(14)4-8(10)13/h3-4,9H,5H2,1-2H3,(H2,15,16,19). The number of hydrogen-bond donors (Lipinski definition) is 2. The lowest BCUT2D eigenvalue weighted by molar-refractivity contribution is -0.0964. The molecule has 8 heteroatoms. The second-order valence-electron chi connectivity index (χ2n) is 3.48. The van der Waals surface area contributed by atoms with Crippen molar-refractivity contribution >= 4 is 66.5 Å². The number of benzene rings is 1. The molecule has 0 radical (unpaired) electrons. The summed E-state index contributed by atoms with van der Waals surface area (Å²) in [6.07, 6.45) is -0.350. The second kappa shape index (κ2) is 8.39. The Morgan fingerprint density at radius 2 is 1.84 bits per heavy atom. The van der Waals surface area contributed by atoms with Gasteiger partial charge in [-0.2, -0.15) is 0 Å². The van der Waals surface area contributed by atoms with Gasteiger partial charge in [0.05, 0.1) is 12.2 Å². The smallest absolute Gasteiger partial charge is 0.174 e. The Morgan fingerprint density at radius 1 is 1.32 bits per heavy atom. The highest BCUT2D eigenvalue weighted by molar-refractivity contribution is 9.11. The van der Waals surface area contributed by atoms with Crippen molar-refractivity contribution in [1.29, 1.82) is 0 Å². The molecule has 0 aliphatic carbocycles. The Labute approximate surface area is 139 Å². The van der Waals surface area contributed by atoms with Crippen LogP contribution in [0.3, 0.4) is 0 Å². The molecule has 0 aromatic heterocycles. The molecule has 0 saturated heterocycles. The molecule has 1 rings (SSSR count). The van der Waals surface area contributed by atoms with Crippen LogP contribution < -0.4 is 10.6 Å². The molecule has 0 amide bonds. The van der Waals surface area contributed by atoms with E-state index < -0.39 is 0 Å². The van der Waals surface area contributed by atoms with Crippen molar-refractivity contribution in [3.8, 4) is 0 Å². The van der Waals surface area contributed by atoms with E-state index in [-0.39, 0.29) is 6.29 Å². The van der Waals surface area contributed by atoms with Crippen molar-refractivity contribution in [1.82, 2.24) is 5.32 Å². The third-order valence-corrected chi connectivity index (χ3v) is 3.92. The van der Waals surface area contributed by atoms with Crippen molar-refractivity contribution in [2.45, 2.75) is 6.29 Å². The van der Waals surface area contributed by atoms with Crippen LogP contribution >= 0.6 is 55.7 Å². The Bertz CT molecular complexity index is 435. The molecule has 0 bridgehead atoms. The van der Waals surface area contributed by atoms with Crippen molar-refractivity contribution in [3.05, 3.63) is 26.1 Å². The predicted molar refractivity (Wildman–Crippen MR) is 88.9 cm³/mol. The van der Waals surface area contributed by atoms with Crippen molar-refractivity contribution in [2.75, 3.05) is 26.1 Å². The monoisotopic (exact) mass is 430 g/mol. The summed E-state index contributed by atoms with van der Waals surface area (Å²) in [6, 6.07) is 3.56. The van der Waals surface area contributed by atoms with E-state index in [0.717, 1.165) is 14.6 Å². The minimum atomic E-state index is -0.350. The maximum absolute atomic E-state index is 5.93. The van der Waals surface area contributed by atoms with Gasteiger partial charge in [0, 0.05) is 28.2 Å². The third-order valence-electron chi connectivity index (χ3n) is 2.20. The van der Waals surface area contributed by atoms with Gasteiger partial charge < -0.3 is 20.1 Å². The molecule has 0 aliphatic rings. The first kappa shape index (κ1) is 17.1. The lowest BCUT2D eigenvalue weighted by Gasteiger charge is -2.17. The van der Waals surface area contributed by atoms with Gasteiger partial charge in [-0.15, -0.1) is 0 Å². The number of ether oxygens (including phenoxy) is 2. The second-order valence-corrected chi connectivity index (χ2v) is 6.03. The molecule has 106 valence electrons. The largest absolute Gasteiger partial charge is 0.357 e. The van der Waals surface area contributed by atoms with E-state index in [1.54, 1.807) is 26.4 Å². The van der Waals surface area contributed by atoms with Crippen LogP contribution in [0.15, 0.2) is 21.1 Å². The summed E-state index contributed by atoms with van der Waals surface area (Å²) in [6.45, 7) is 0.446. The van der Waals surface area contributed by atoms with Gasteiger partial charge in [0.1, 0.15) is 0 Å². The molecule has 0 heterocycles.